The van der Waals surface area contributed by atoms with Crippen molar-refractivity contribution >= 4 is 0 Å². The van der Waals surface area contributed by atoms with E-state index >= 15 is 0 Å². The maximum atomic E-state index is 11.7. The number of benzene rings is 1. The van der Waals surface area contributed by atoms with Crippen molar-refractivity contribution in [2.24, 2.45) is 0 Å². The molecule has 0 unspecified atom stereocenters. The highest BCUT2D eigenvalue weighted by Gasteiger charge is 2.08. The van der Waals surface area contributed by atoms with E-state index in [1.54, 1.807) is 30.3 Å². The van der Waals surface area contributed by atoms with E-state index in [0.717, 1.165) is 4.68 Å². The minimum Gasteiger partial charge on any atom is -0.355 e. The third kappa shape index (κ3) is 3.05. The van der Waals surface area contributed by atoms with Crippen molar-refractivity contribution in [2.75, 3.05) is 6.61 Å². The fraction of sp³-hybridized carbons (Fsp3) is 0.154. The Labute approximate surface area is 109 Å². The zero-order valence-electron chi connectivity index (χ0n) is 10.2. The molecule has 6 heteroatoms. The van der Waals surface area contributed by atoms with Crippen LogP contribution in [0.1, 0.15) is 0 Å². The molecule has 98 valence electrons. The van der Waals surface area contributed by atoms with Crippen LogP contribution in [0.5, 0.6) is 0 Å². The molecule has 6 nitrogen and oxygen atoms in total. The minimum atomic E-state index is -0.603. The predicted molar refractivity (Wildman–Crippen MR) is 70.7 cm³/mol. The molecule has 19 heavy (non-hydrogen) atoms. The van der Waals surface area contributed by atoms with Crippen LogP contribution >= 0.6 is 0 Å². The molecule has 0 amide bonds. The smallest absolute Gasteiger partial charge is 0.347 e. The number of ether oxygens (including phenoxy) is 1. The van der Waals surface area contributed by atoms with E-state index in [-0.39, 0.29) is 12.4 Å². The Balaban J connectivity index is 2.40. The lowest BCUT2D eigenvalue weighted by Crippen LogP contribution is -2.34. The van der Waals surface area contributed by atoms with E-state index in [1.165, 1.54) is 0 Å². The van der Waals surface area contributed by atoms with Crippen LogP contribution in [-0.2, 0) is 11.5 Å². The lowest BCUT2D eigenvalue weighted by molar-refractivity contribution is 0.0861. The SMILES string of the molecule is C=CCOCn1nc(-c2ccccc2)c(=O)[nH]c1=O. The number of H-pyrrole nitrogens is 1. The fourth-order valence-electron chi connectivity index (χ4n) is 1.53. The van der Waals surface area contributed by atoms with Gasteiger partial charge in [0.25, 0.3) is 5.56 Å². The average Bonchev–Trinajstić information content (AvgIpc) is 2.42. The van der Waals surface area contributed by atoms with Gasteiger partial charge in [0.15, 0.2) is 5.69 Å². The molecule has 0 aliphatic rings. The molecule has 2 rings (SSSR count). The standard InChI is InChI=1S/C13H13N3O3/c1-2-8-19-9-16-13(18)14-12(17)11(15-16)10-6-4-3-5-7-10/h2-7H,1,8-9H2,(H,14,17,18). The number of nitrogens with one attached hydrogen (secondary N) is 1. The van der Waals surface area contributed by atoms with Gasteiger partial charge in [0.05, 0.1) is 6.61 Å². The Hall–Kier alpha value is -2.47. The van der Waals surface area contributed by atoms with Gasteiger partial charge in [-0.2, -0.15) is 9.78 Å². The van der Waals surface area contributed by atoms with Gasteiger partial charge in [-0.25, -0.2) is 4.79 Å². The maximum Gasteiger partial charge on any atom is 0.347 e. The number of nitrogens with zero attached hydrogens (tertiary/aromatic N) is 2. The summed E-state index contributed by atoms with van der Waals surface area (Å²) in [5, 5.41) is 4.01. The fourth-order valence-corrected chi connectivity index (χ4v) is 1.53. The zero-order valence-corrected chi connectivity index (χ0v) is 10.2. The normalized spacial score (nSPS) is 10.3. The first-order valence-corrected chi connectivity index (χ1v) is 5.68. The van der Waals surface area contributed by atoms with E-state index < -0.39 is 11.2 Å². The quantitative estimate of drug-likeness (QED) is 0.635. The average molecular weight is 259 g/mol. The molecule has 0 saturated carbocycles. The molecule has 1 aromatic carbocycles. The van der Waals surface area contributed by atoms with Gasteiger partial charge in [-0.05, 0) is 0 Å². The second-order valence-corrected chi connectivity index (χ2v) is 3.76. The summed E-state index contributed by atoms with van der Waals surface area (Å²) >= 11 is 0. The molecular weight excluding hydrogens is 246 g/mol. The summed E-state index contributed by atoms with van der Waals surface area (Å²) < 4.78 is 6.20. The van der Waals surface area contributed by atoms with E-state index in [2.05, 4.69) is 16.7 Å². The van der Waals surface area contributed by atoms with Crippen LogP contribution in [0.4, 0.5) is 0 Å². The molecule has 1 aromatic heterocycles. The van der Waals surface area contributed by atoms with Crippen molar-refractivity contribution in [3.63, 3.8) is 0 Å². The summed E-state index contributed by atoms with van der Waals surface area (Å²) in [6.07, 6.45) is 1.56. The Morgan fingerprint density at radius 1 is 1.32 bits per heavy atom. The van der Waals surface area contributed by atoms with Gasteiger partial charge >= 0.3 is 5.69 Å². The number of hydrogen-bond acceptors (Lipinski definition) is 4. The van der Waals surface area contributed by atoms with Crippen molar-refractivity contribution < 1.29 is 4.74 Å². The van der Waals surface area contributed by atoms with Gasteiger partial charge in [-0.1, -0.05) is 36.4 Å². The van der Waals surface area contributed by atoms with Gasteiger partial charge < -0.3 is 4.74 Å². The Kier molecular flexibility index (Phi) is 4.04. The number of aromatic amines is 1. The second kappa shape index (κ2) is 5.92. The summed E-state index contributed by atoms with van der Waals surface area (Å²) in [7, 11) is 0. The Morgan fingerprint density at radius 2 is 2.05 bits per heavy atom. The van der Waals surface area contributed by atoms with Crippen LogP contribution in [0.25, 0.3) is 11.3 Å². The van der Waals surface area contributed by atoms with Gasteiger partial charge in [-0.15, -0.1) is 6.58 Å². The van der Waals surface area contributed by atoms with Gasteiger partial charge in [-0.3, -0.25) is 9.78 Å². The molecule has 0 spiro atoms. The molecule has 2 aromatic rings. The summed E-state index contributed by atoms with van der Waals surface area (Å²) in [5.74, 6) is 0. The molecule has 0 aliphatic carbocycles. The van der Waals surface area contributed by atoms with Crippen LogP contribution in [0.2, 0.25) is 0 Å². The molecule has 0 aliphatic heterocycles. The lowest BCUT2D eigenvalue weighted by atomic mass is 10.2. The topological polar surface area (TPSA) is 77.0 Å². The maximum absolute atomic E-state index is 11.7. The van der Waals surface area contributed by atoms with Gasteiger partial charge in [0, 0.05) is 5.56 Å². The van der Waals surface area contributed by atoms with Gasteiger partial charge in [0.1, 0.15) is 6.73 Å². The first-order valence-electron chi connectivity index (χ1n) is 5.68. The lowest BCUT2D eigenvalue weighted by Gasteiger charge is -2.06. The molecule has 1 heterocycles. The Bertz CT molecular complexity index is 674. The highest BCUT2D eigenvalue weighted by Crippen LogP contribution is 2.09. The Morgan fingerprint density at radius 3 is 2.74 bits per heavy atom. The molecule has 0 bridgehead atoms. The molecule has 0 fully saturated rings. The third-order valence-electron chi connectivity index (χ3n) is 2.39. The number of rotatable bonds is 5. The van der Waals surface area contributed by atoms with Crippen LogP contribution in [0.3, 0.4) is 0 Å². The largest absolute Gasteiger partial charge is 0.355 e. The second-order valence-electron chi connectivity index (χ2n) is 3.76. The number of hydrogen-bond donors (Lipinski definition) is 1. The van der Waals surface area contributed by atoms with Crippen LogP contribution in [0, 0.1) is 0 Å². The summed E-state index contributed by atoms with van der Waals surface area (Å²) in [6.45, 7) is 3.76. The van der Waals surface area contributed by atoms with Crippen molar-refractivity contribution in [3.05, 3.63) is 63.8 Å². The predicted octanol–water partition coefficient (Wildman–Crippen LogP) is 0.759. The molecule has 0 saturated heterocycles. The van der Waals surface area contributed by atoms with Crippen molar-refractivity contribution in [1.82, 2.24) is 14.8 Å². The zero-order chi connectivity index (χ0) is 13.7. The molecule has 0 radical (unpaired) electrons. The molecule has 1 N–H and O–H groups in total. The van der Waals surface area contributed by atoms with E-state index in [1.807, 2.05) is 6.07 Å². The van der Waals surface area contributed by atoms with Crippen LogP contribution in [-0.4, -0.2) is 21.4 Å². The molecular formula is C13H13N3O3. The van der Waals surface area contributed by atoms with E-state index in [4.69, 9.17) is 4.74 Å². The first-order chi connectivity index (χ1) is 9.22. The van der Waals surface area contributed by atoms with Gasteiger partial charge in [0.2, 0.25) is 0 Å². The van der Waals surface area contributed by atoms with Crippen molar-refractivity contribution in [1.29, 1.82) is 0 Å². The number of aromatic nitrogens is 3. The highest BCUT2D eigenvalue weighted by atomic mass is 16.5. The van der Waals surface area contributed by atoms with Crippen molar-refractivity contribution in [2.45, 2.75) is 6.73 Å². The third-order valence-corrected chi connectivity index (χ3v) is 2.39. The summed E-state index contributed by atoms with van der Waals surface area (Å²) in [6, 6.07) is 8.91. The summed E-state index contributed by atoms with van der Waals surface area (Å²) in [5.41, 5.74) is -0.298. The van der Waals surface area contributed by atoms with Crippen LogP contribution < -0.4 is 11.2 Å². The monoisotopic (exact) mass is 259 g/mol. The van der Waals surface area contributed by atoms with E-state index in [9.17, 15) is 9.59 Å². The summed E-state index contributed by atoms with van der Waals surface area (Å²) in [4.78, 5) is 25.5. The minimum absolute atomic E-state index is 0.0402. The highest BCUT2D eigenvalue weighted by molar-refractivity contribution is 5.56. The van der Waals surface area contributed by atoms with Crippen molar-refractivity contribution in [3.8, 4) is 11.3 Å². The van der Waals surface area contributed by atoms with Crippen LogP contribution in [0.15, 0.2) is 52.6 Å². The van der Waals surface area contributed by atoms with E-state index in [0.29, 0.717) is 12.2 Å². The first kappa shape index (κ1) is 13.0. The molecule has 0 atom stereocenters.